The molecule has 0 amide bonds. The summed E-state index contributed by atoms with van der Waals surface area (Å²) in [4.78, 5) is 24.8. The Labute approximate surface area is 138 Å². The molecule has 0 saturated heterocycles. The van der Waals surface area contributed by atoms with Gasteiger partial charge in [0.05, 0.1) is 4.92 Å². The lowest BCUT2D eigenvalue weighted by atomic mass is 9.99. The second kappa shape index (κ2) is 6.26. The highest BCUT2D eigenvalue weighted by Gasteiger charge is 2.23. The van der Waals surface area contributed by atoms with Crippen molar-refractivity contribution >= 4 is 28.7 Å². The molecule has 0 bridgehead atoms. The Kier molecular flexibility index (Phi) is 4.16. The molecule has 5 nitrogen and oxygen atoms in total. The number of Topliss-reactive ketones (excluding diaryl/α,β-unsaturated/α-hetero) is 1. The van der Waals surface area contributed by atoms with Gasteiger partial charge in [0.25, 0.3) is 5.69 Å². The zero-order valence-electron chi connectivity index (χ0n) is 12.3. The summed E-state index contributed by atoms with van der Waals surface area (Å²) >= 11 is 5.33. The largest absolute Gasteiger partial charge is 0.355 e. The Morgan fingerprint density at radius 3 is 2.39 bits per heavy atom. The summed E-state index contributed by atoms with van der Waals surface area (Å²) in [7, 11) is 0. The summed E-state index contributed by atoms with van der Waals surface area (Å²) < 4.78 is 0. The van der Waals surface area contributed by atoms with Gasteiger partial charge in [-0.2, -0.15) is 0 Å². The number of fused-ring (bicyclic) bond motifs is 1. The van der Waals surface area contributed by atoms with Crippen molar-refractivity contribution in [1.82, 2.24) is 4.90 Å². The highest BCUT2D eigenvalue weighted by Crippen LogP contribution is 2.20. The number of ketones is 1. The van der Waals surface area contributed by atoms with Crippen LogP contribution >= 0.6 is 12.2 Å². The Hall–Kier alpha value is -2.60. The molecule has 0 aliphatic carbocycles. The molecule has 0 fully saturated rings. The number of nitro groups is 1. The number of rotatable bonds is 3. The summed E-state index contributed by atoms with van der Waals surface area (Å²) in [5.74, 6) is -0.269. The van der Waals surface area contributed by atoms with Gasteiger partial charge >= 0.3 is 0 Å². The minimum Gasteiger partial charge on any atom is -0.355 e. The number of hydrogen-bond acceptors (Lipinski definition) is 4. The van der Waals surface area contributed by atoms with Crippen molar-refractivity contribution < 1.29 is 9.72 Å². The minimum atomic E-state index is -0.492. The second-order valence-electron chi connectivity index (χ2n) is 5.38. The summed E-state index contributed by atoms with van der Waals surface area (Å²) in [6.45, 7) is 1.32. The fourth-order valence-electron chi connectivity index (χ4n) is 2.67. The van der Waals surface area contributed by atoms with Crippen molar-refractivity contribution in [2.45, 2.75) is 13.0 Å². The van der Waals surface area contributed by atoms with E-state index in [0.29, 0.717) is 18.7 Å². The Bertz CT molecular complexity index is 787. The molecule has 0 atom stereocenters. The highest BCUT2D eigenvalue weighted by molar-refractivity contribution is 7.82. The number of nitro benzene ring substituents is 1. The van der Waals surface area contributed by atoms with Crippen LogP contribution < -0.4 is 0 Å². The first kappa shape index (κ1) is 15.3. The smallest absolute Gasteiger partial charge is 0.269 e. The van der Waals surface area contributed by atoms with E-state index in [1.807, 2.05) is 23.1 Å². The van der Waals surface area contributed by atoms with Crippen LogP contribution in [0.4, 0.5) is 5.69 Å². The summed E-state index contributed by atoms with van der Waals surface area (Å²) in [6, 6.07) is 13.7. The van der Waals surface area contributed by atoms with E-state index in [1.54, 1.807) is 0 Å². The zero-order valence-corrected chi connectivity index (χ0v) is 13.1. The highest BCUT2D eigenvalue weighted by atomic mass is 32.1. The Morgan fingerprint density at radius 1 is 1.09 bits per heavy atom. The van der Waals surface area contributed by atoms with Crippen molar-refractivity contribution in [3.05, 3.63) is 75.3 Å². The van der Waals surface area contributed by atoms with Crippen LogP contribution in [0.3, 0.4) is 0 Å². The van der Waals surface area contributed by atoms with Gasteiger partial charge in [-0.05, 0) is 29.7 Å². The molecule has 0 N–H and O–H groups in total. The van der Waals surface area contributed by atoms with E-state index in [9.17, 15) is 14.9 Å². The average molecular weight is 326 g/mol. The summed E-state index contributed by atoms with van der Waals surface area (Å²) in [6.07, 6.45) is 0.851. The van der Waals surface area contributed by atoms with E-state index in [-0.39, 0.29) is 16.5 Å². The zero-order chi connectivity index (χ0) is 16.4. The maximum Gasteiger partial charge on any atom is 0.269 e. The number of thiocarbonyl (C=S) groups is 1. The van der Waals surface area contributed by atoms with E-state index in [0.717, 1.165) is 6.42 Å². The van der Waals surface area contributed by atoms with Gasteiger partial charge in [-0.1, -0.05) is 36.5 Å². The predicted octanol–water partition coefficient (Wildman–Crippen LogP) is 3.16. The standard InChI is InChI=1S/C17H14N2O3S/c20-16(13-5-7-15(8-6-13)19(21)22)17(23)18-10-9-12-3-1-2-4-14(12)11-18/h1-8H,9-11H2. The van der Waals surface area contributed by atoms with Crippen molar-refractivity contribution in [2.75, 3.05) is 6.54 Å². The number of nitrogens with zero attached hydrogens (tertiary/aromatic N) is 2. The first-order valence-corrected chi connectivity index (χ1v) is 7.62. The lowest BCUT2D eigenvalue weighted by molar-refractivity contribution is -0.384. The monoisotopic (exact) mass is 326 g/mol. The van der Waals surface area contributed by atoms with E-state index in [2.05, 4.69) is 6.07 Å². The van der Waals surface area contributed by atoms with Crippen LogP contribution in [0, 0.1) is 10.1 Å². The molecule has 1 aliphatic heterocycles. The fourth-order valence-corrected chi connectivity index (χ4v) is 2.94. The van der Waals surface area contributed by atoms with Gasteiger partial charge in [-0.3, -0.25) is 14.9 Å². The molecule has 1 aliphatic rings. The number of carbonyl (C=O) groups is 1. The predicted molar refractivity (Wildman–Crippen MR) is 90.6 cm³/mol. The van der Waals surface area contributed by atoms with Gasteiger partial charge < -0.3 is 4.90 Å². The maximum atomic E-state index is 12.5. The minimum absolute atomic E-state index is 0.0423. The first-order valence-electron chi connectivity index (χ1n) is 7.21. The third-order valence-electron chi connectivity index (χ3n) is 3.95. The number of carbonyl (C=O) groups excluding carboxylic acids is 1. The average Bonchev–Trinajstić information content (AvgIpc) is 2.60. The van der Waals surface area contributed by atoms with Gasteiger partial charge in [0, 0.05) is 30.8 Å². The van der Waals surface area contributed by atoms with Crippen LogP contribution in [0.5, 0.6) is 0 Å². The van der Waals surface area contributed by atoms with Crippen molar-refractivity contribution in [3.8, 4) is 0 Å². The van der Waals surface area contributed by atoms with E-state index in [4.69, 9.17) is 12.2 Å². The van der Waals surface area contributed by atoms with E-state index < -0.39 is 4.92 Å². The SMILES string of the molecule is O=C(C(=S)N1CCc2ccccc2C1)c1ccc([N+](=O)[O-])cc1. The number of benzene rings is 2. The van der Waals surface area contributed by atoms with E-state index >= 15 is 0 Å². The summed E-state index contributed by atoms with van der Waals surface area (Å²) in [5, 5.41) is 10.7. The maximum absolute atomic E-state index is 12.5. The molecule has 1 heterocycles. The molecular formula is C17H14N2O3S. The molecule has 0 spiro atoms. The molecule has 3 rings (SSSR count). The topological polar surface area (TPSA) is 63.5 Å². The lowest BCUT2D eigenvalue weighted by Gasteiger charge is -2.30. The third kappa shape index (κ3) is 3.12. The molecule has 2 aromatic rings. The molecule has 0 unspecified atom stereocenters. The molecule has 0 radical (unpaired) electrons. The van der Waals surface area contributed by atoms with Gasteiger partial charge in [-0.25, -0.2) is 0 Å². The molecular weight excluding hydrogens is 312 g/mol. The molecule has 116 valence electrons. The molecule has 0 aromatic heterocycles. The summed E-state index contributed by atoms with van der Waals surface area (Å²) in [5.41, 5.74) is 2.80. The lowest BCUT2D eigenvalue weighted by Crippen LogP contribution is -2.39. The van der Waals surface area contributed by atoms with Crippen LogP contribution in [0.15, 0.2) is 48.5 Å². The molecule has 2 aromatic carbocycles. The van der Waals surface area contributed by atoms with Gasteiger partial charge in [0.2, 0.25) is 5.78 Å². The normalized spacial score (nSPS) is 13.3. The van der Waals surface area contributed by atoms with Crippen molar-refractivity contribution in [2.24, 2.45) is 0 Å². The quantitative estimate of drug-likeness (QED) is 0.375. The van der Waals surface area contributed by atoms with Crippen LogP contribution in [0.25, 0.3) is 0 Å². The third-order valence-corrected chi connectivity index (χ3v) is 4.40. The number of non-ortho nitro benzene ring substituents is 1. The van der Waals surface area contributed by atoms with Crippen LogP contribution in [0.2, 0.25) is 0 Å². The van der Waals surface area contributed by atoms with Crippen molar-refractivity contribution in [3.63, 3.8) is 0 Å². The van der Waals surface area contributed by atoms with Crippen LogP contribution in [-0.4, -0.2) is 27.1 Å². The number of hydrogen-bond donors (Lipinski definition) is 0. The first-order chi connectivity index (χ1) is 11.1. The van der Waals surface area contributed by atoms with Crippen LogP contribution in [-0.2, 0) is 13.0 Å². The van der Waals surface area contributed by atoms with Gasteiger partial charge in [0.1, 0.15) is 0 Å². The van der Waals surface area contributed by atoms with Gasteiger partial charge in [0.15, 0.2) is 4.99 Å². The fraction of sp³-hybridized carbons (Fsp3) is 0.176. The Morgan fingerprint density at radius 2 is 1.74 bits per heavy atom. The molecule has 6 heteroatoms. The van der Waals surface area contributed by atoms with Gasteiger partial charge in [-0.15, -0.1) is 0 Å². The van der Waals surface area contributed by atoms with Crippen molar-refractivity contribution in [1.29, 1.82) is 0 Å². The molecule has 23 heavy (non-hydrogen) atoms. The van der Waals surface area contributed by atoms with Crippen LogP contribution in [0.1, 0.15) is 21.5 Å². The Balaban J connectivity index is 1.75. The molecule has 0 saturated carbocycles. The second-order valence-corrected chi connectivity index (χ2v) is 5.77. The van der Waals surface area contributed by atoms with E-state index in [1.165, 1.54) is 35.4 Å².